The van der Waals surface area contributed by atoms with E-state index in [1.54, 1.807) is 28.4 Å². The second-order valence-electron chi connectivity index (χ2n) is 5.41. The Morgan fingerprint density at radius 3 is 2.82 bits per heavy atom. The van der Waals surface area contributed by atoms with Gasteiger partial charge in [0, 0.05) is 30.6 Å². The van der Waals surface area contributed by atoms with Crippen LogP contribution in [0.25, 0.3) is 0 Å². The van der Waals surface area contributed by atoms with Gasteiger partial charge in [0.25, 0.3) is 0 Å². The van der Waals surface area contributed by atoms with Gasteiger partial charge in [-0.1, -0.05) is 12.1 Å². The molecule has 1 aromatic carbocycles. The molecular weight excluding hydrogens is 301 g/mol. The molecule has 3 rings (SSSR count). The zero-order valence-corrected chi connectivity index (χ0v) is 13.2. The molecule has 2 amide bonds. The van der Waals surface area contributed by atoms with E-state index in [2.05, 4.69) is 10.3 Å². The third-order valence-corrected chi connectivity index (χ3v) is 4.84. The Hall–Kier alpha value is -1.95. The lowest BCUT2D eigenvalue weighted by Crippen LogP contribution is -2.50. The number of carbonyl (C=O) groups is 1. The van der Waals surface area contributed by atoms with Crippen LogP contribution in [0.2, 0.25) is 0 Å². The Balaban J connectivity index is 1.51. The molecule has 1 aliphatic rings. The monoisotopic (exact) mass is 319 g/mol. The molecular formula is C16H18FN3OS. The fourth-order valence-corrected chi connectivity index (χ4v) is 3.33. The molecule has 1 fully saturated rings. The SMILES string of the molecule is Cc1csc(CCNC(=O)N2CC[C@H]2c2ccc(F)cc2)n1. The van der Waals surface area contributed by atoms with E-state index in [-0.39, 0.29) is 17.9 Å². The van der Waals surface area contributed by atoms with E-state index in [1.165, 1.54) is 12.1 Å². The molecule has 1 saturated heterocycles. The second kappa shape index (κ2) is 6.44. The lowest BCUT2D eigenvalue weighted by atomic mass is 9.95. The van der Waals surface area contributed by atoms with Gasteiger partial charge in [0.2, 0.25) is 0 Å². The van der Waals surface area contributed by atoms with E-state index in [0.29, 0.717) is 6.54 Å². The molecule has 4 nitrogen and oxygen atoms in total. The summed E-state index contributed by atoms with van der Waals surface area (Å²) in [7, 11) is 0. The van der Waals surface area contributed by atoms with Crippen LogP contribution in [0.15, 0.2) is 29.6 Å². The number of urea groups is 1. The molecule has 1 aliphatic heterocycles. The summed E-state index contributed by atoms with van der Waals surface area (Å²) in [6, 6.07) is 6.37. The summed E-state index contributed by atoms with van der Waals surface area (Å²) in [4.78, 5) is 18.4. The average Bonchev–Trinajstić information content (AvgIpc) is 2.86. The number of carbonyl (C=O) groups excluding carboxylic acids is 1. The van der Waals surface area contributed by atoms with Crippen molar-refractivity contribution < 1.29 is 9.18 Å². The highest BCUT2D eigenvalue weighted by molar-refractivity contribution is 7.09. The topological polar surface area (TPSA) is 45.2 Å². The van der Waals surface area contributed by atoms with Crippen molar-refractivity contribution in [2.24, 2.45) is 0 Å². The van der Waals surface area contributed by atoms with Gasteiger partial charge in [0.05, 0.1) is 11.0 Å². The first-order valence-corrected chi connectivity index (χ1v) is 8.22. The molecule has 0 radical (unpaired) electrons. The summed E-state index contributed by atoms with van der Waals surface area (Å²) in [6.07, 6.45) is 1.67. The number of aryl methyl sites for hydroxylation is 1. The van der Waals surface area contributed by atoms with Gasteiger partial charge in [0.1, 0.15) is 5.82 Å². The maximum atomic E-state index is 13.0. The lowest BCUT2D eigenvalue weighted by Gasteiger charge is -2.41. The zero-order chi connectivity index (χ0) is 15.5. The fraction of sp³-hybridized carbons (Fsp3) is 0.375. The molecule has 6 heteroatoms. The van der Waals surface area contributed by atoms with Gasteiger partial charge in [-0.3, -0.25) is 0 Å². The Bertz CT molecular complexity index is 656. The molecule has 1 N–H and O–H groups in total. The van der Waals surface area contributed by atoms with Crippen LogP contribution in [-0.4, -0.2) is 29.0 Å². The Morgan fingerprint density at radius 1 is 1.45 bits per heavy atom. The minimum Gasteiger partial charge on any atom is -0.338 e. The summed E-state index contributed by atoms with van der Waals surface area (Å²) < 4.78 is 13.0. The molecule has 2 heterocycles. The predicted octanol–water partition coefficient (Wildman–Crippen LogP) is 3.29. The number of rotatable bonds is 4. The van der Waals surface area contributed by atoms with Crippen LogP contribution in [0, 0.1) is 12.7 Å². The van der Waals surface area contributed by atoms with E-state index >= 15 is 0 Å². The Labute approximate surface area is 133 Å². The highest BCUT2D eigenvalue weighted by Crippen LogP contribution is 2.33. The summed E-state index contributed by atoms with van der Waals surface area (Å²) in [5.41, 5.74) is 2.00. The third kappa shape index (κ3) is 3.27. The zero-order valence-electron chi connectivity index (χ0n) is 12.4. The molecule has 1 aromatic heterocycles. The number of aromatic nitrogens is 1. The van der Waals surface area contributed by atoms with Crippen molar-refractivity contribution in [2.75, 3.05) is 13.1 Å². The number of thiazole rings is 1. The van der Waals surface area contributed by atoms with Crippen LogP contribution in [0.3, 0.4) is 0 Å². The molecule has 0 bridgehead atoms. The van der Waals surface area contributed by atoms with Gasteiger partial charge in [0.15, 0.2) is 0 Å². The second-order valence-corrected chi connectivity index (χ2v) is 6.36. The van der Waals surface area contributed by atoms with Gasteiger partial charge >= 0.3 is 6.03 Å². The quantitative estimate of drug-likeness (QED) is 0.940. The summed E-state index contributed by atoms with van der Waals surface area (Å²) in [5, 5.41) is 5.98. The minimum atomic E-state index is -0.252. The molecule has 22 heavy (non-hydrogen) atoms. The van der Waals surface area contributed by atoms with Crippen molar-refractivity contribution in [1.82, 2.24) is 15.2 Å². The number of benzene rings is 1. The largest absolute Gasteiger partial charge is 0.338 e. The standard InChI is InChI=1S/C16H18FN3OS/c1-11-10-22-15(19-11)6-8-18-16(21)20-9-7-14(20)12-2-4-13(17)5-3-12/h2-5,10,14H,6-9H2,1H3,(H,18,21)/t14-/m0/s1. The Morgan fingerprint density at radius 2 is 2.23 bits per heavy atom. The smallest absolute Gasteiger partial charge is 0.317 e. The summed E-state index contributed by atoms with van der Waals surface area (Å²) in [6.45, 7) is 3.29. The molecule has 116 valence electrons. The van der Waals surface area contributed by atoms with E-state index in [9.17, 15) is 9.18 Å². The first kappa shape index (κ1) is 15.0. The van der Waals surface area contributed by atoms with Crippen molar-refractivity contribution in [3.05, 3.63) is 51.7 Å². The van der Waals surface area contributed by atoms with E-state index < -0.39 is 0 Å². The maximum absolute atomic E-state index is 13.0. The van der Waals surface area contributed by atoms with E-state index in [4.69, 9.17) is 0 Å². The van der Waals surface area contributed by atoms with Crippen molar-refractivity contribution in [2.45, 2.75) is 25.8 Å². The first-order valence-electron chi connectivity index (χ1n) is 7.34. The van der Waals surface area contributed by atoms with Crippen LogP contribution in [0.1, 0.15) is 28.7 Å². The van der Waals surface area contributed by atoms with E-state index in [0.717, 1.165) is 35.7 Å². The maximum Gasteiger partial charge on any atom is 0.317 e. The summed E-state index contributed by atoms with van der Waals surface area (Å²) >= 11 is 1.62. The number of hydrogen-bond acceptors (Lipinski definition) is 3. The highest BCUT2D eigenvalue weighted by Gasteiger charge is 2.33. The predicted molar refractivity (Wildman–Crippen MR) is 84.4 cm³/mol. The number of hydrogen-bond donors (Lipinski definition) is 1. The average molecular weight is 319 g/mol. The van der Waals surface area contributed by atoms with Gasteiger partial charge in [-0.05, 0) is 31.0 Å². The number of amides is 2. The molecule has 0 saturated carbocycles. The van der Waals surface area contributed by atoms with Crippen molar-refractivity contribution >= 4 is 17.4 Å². The van der Waals surface area contributed by atoms with Crippen molar-refractivity contribution in [3.63, 3.8) is 0 Å². The van der Waals surface area contributed by atoms with Gasteiger partial charge < -0.3 is 10.2 Å². The molecule has 0 unspecified atom stereocenters. The fourth-order valence-electron chi connectivity index (χ4n) is 2.56. The molecule has 2 aromatic rings. The van der Waals surface area contributed by atoms with Crippen LogP contribution >= 0.6 is 11.3 Å². The minimum absolute atomic E-state index is 0.0581. The van der Waals surface area contributed by atoms with Crippen molar-refractivity contribution in [3.8, 4) is 0 Å². The molecule has 0 aliphatic carbocycles. The Kier molecular flexibility index (Phi) is 4.38. The molecule has 0 spiro atoms. The number of nitrogens with one attached hydrogen (secondary N) is 1. The van der Waals surface area contributed by atoms with Gasteiger partial charge in [-0.25, -0.2) is 14.2 Å². The van der Waals surface area contributed by atoms with Crippen LogP contribution in [-0.2, 0) is 6.42 Å². The number of nitrogens with zero attached hydrogens (tertiary/aromatic N) is 2. The summed E-state index contributed by atoms with van der Waals surface area (Å²) in [5.74, 6) is -0.252. The third-order valence-electron chi connectivity index (χ3n) is 3.82. The van der Waals surface area contributed by atoms with Crippen LogP contribution < -0.4 is 5.32 Å². The van der Waals surface area contributed by atoms with Gasteiger partial charge in [-0.15, -0.1) is 11.3 Å². The van der Waals surface area contributed by atoms with Crippen LogP contribution in [0.5, 0.6) is 0 Å². The van der Waals surface area contributed by atoms with Crippen molar-refractivity contribution in [1.29, 1.82) is 0 Å². The van der Waals surface area contributed by atoms with E-state index in [1.807, 2.05) is 12.3 Å². The normalized spacial score (nSPS) is 17.2. The number of halogens is 1. The van der Waals surface area contributed by atoms with Gasteiger partial charge in [-0.2, -0.15) is 0 Å². The van der Waals surface area contributed by atoms with Crippen LogP contribution in [0.4, 0.5) is 9.18 Å². The lowest BCUT2D eigenvalue weighted by molar-refractivity contribution is 0.115. The number of likely N-dealkylation sites (tertiary alicyclic amines) is 1. The highest BCUT2D eigenvalue weighted by atomic mass is 32.1. The molecule has 1 atom stereocenters. The first-order chi connectivity index (χ1) is 10.6.